The van der Waals surface area contributed by atoms with Crippen molar-refractivity contribution in [2.24, 2.45) is 0 Å². The number of anilines is 1. The number of rotatable bonds is 3. The van der Waals surface area contributed by atoms with E-state index >= 15 is 0 Å². The van der Waals surface area contributed by atoms with Crippen LogP contribution in [0.4, 0.5) is 19.0 Å². The molecule has 0 bridgehead atoms. The van der Waals surface area contributed by atoms with Crippen molar-refractivity contribution < 1.29 is 18.0 Å². The normalized spacial score (nSPS) is 11.5. The summed E-state index contributed by atoms with van der Waals surface area (Å²) in [6.45, 7) is 1.64. The molecule has 0 aromatic carbocycles. The molecular formula is C16H10Cl2F3N5O. The van der Waals surface area contributed by atoms with Gasteiger partial charge in [-0.1, -0.05) is 23.2 Å². The number of aromatic nitrogens is 4. The molecule has 0 saturated heterocycles. The maximum absolute atomic E-state index is 13.1. The van der Waals surface area contributed by atoms with Gasteiger partial charge in [-0.25, -0.2) is 14.6 Å². The first-order valence-electron chi connectivity index (χ1n) is 7.38. The fraction of sp³-hybridized carbons (Fsp3) is 0.125. The van der Waals surface area contributed by atoms with Crippen LogP contribution in [-0.2, 0) is 6.18 Å². The van der Waals surface area contributed by atoms with Crippen LogP contribution in [0.2, 0.25) is 10.0 Å². The van der Waals surface area contributed by atoms with Crippen molar-refractivity contribution in [3.63, 3.8) is 0 Å². The molecule has 0 fully saturated rings. The molecule has 0 aliphatic carbocycles. The molecule has 27 heavy (non-hydrogen) atoms. The zero-order valence-corrected chi connectivity index (χ0v) is 15.1. The van der Waals surface area contributed by atoms with Gasteiger partial charge < -0.3 is 5.32 Å². The lowest BCUT2D eigenvalue weighted by Crippen LogP contribution is -2.19. The van der Waals surface area contributed by atoms with Crippen LogP contribution in [-0.4, -0.2) is 25.7 Å². The smallest absolute Gasteiger partial charge is 0.305 e. The van der Waals surface area contributed by atoms with Gasteiger partial charge in [0.05, 0.1) is 10.0 Å². The molecule has 0 radical (unpaired) electrons. The van der Waals surface area contributed by atoms with Crippen molar-refractivity contribution in [1.29, 1.82) is 0 Å². The summed E-state index contributed by atoms with van der Waals surface area (Å²) >= 11 is 11.8. The number of nitrogens with zero attached hydrogens (tertiary/aromatic N) is 4. The first-order chi connectivity index (χ1) is 12.7. The van der Waals surface area contributed by atoms with Gasteiger partial charge in [-0.05, 0) is 30.7 Å². The van der Waals surface area contributed by atoms with E-state index in [4.69, 9.17) is 23.2 Å². The average molecular weight is 416 g/mol. The van der Waals surface area contributed by atoms with Crippen molar-refractivity contribution in [1.82, 2.24) is 19.7 Å². The quantitative estimate of drug-likeness (QED) is 0.680. The molecule has 0 spiro atoms. The molecule has 0 atom stereocenters. The summed E-state index contributed by atoms with van der Waals surface area (Å²) in [5.41, 5.74) is -1.12. The third-order valence-corrected chi connectivity index (χ3v) is 3.95. The first-order valence-corrected chi connectivity index (χ1v) is 8.14. The second kappa shape index (κ2) is 7.16. The molecule has 0 aliphatic rings. The molecule has 0 aliphatic heterocycles. The van der Waals surface area contributed by atoms with E-state index in [1.807, 2.05) is 0 Å². The third kappa shape index (κ3) is 4.04. The van der Waals surface area contributed by atoms with Crippen LogP contribution in [0.3, 0.4) is 0 Å². The van der Waals surface area contributed by atoms with Crippen LogP contribution >= 0.6 is 23.2 Å². The Bertz CT molecular complexity index is 1020. The van der Waals surface area contributed by atoms with E-state index in [1.165, 1.54) is 24.5 Å². The highest BCUT2D eigenvalue weighted by atomic mass is 35.5. The predicted octanol–water partition coefficient (Wildman–Crippen LogP) is 4.55. The van der Waals surface area contributed by atoms with Gasteiger partial charge in [0.2, 0.25) is 0 Å². The van der Waals surface area contributed by atoms with Gasteiger partial charge in [0.15, 0.2) is 11.5 Å². The van der Waals surface area contributed by atoms with Crippen molar-refractivity contribution in [3.8, 4) is 5.82 Å². The third-order valence-electron chi connectivity index (χ3n) is 3.45. The molecule has 0 unspecified atom stereocenters. The largest absolute Gasteiger partial charge is 0.435 e. The molecule has 140 valence electrons. The zero-order chi connectivity index (χ0) is 19.8. The fourth-order valence-corrected chi connectivity index (χ4v) is 2.63. The minimum atomic E-state index is -4.75. The van der Waals surface area contributed by atoms with Crippen LogP contribution in [0.25, 0.3) is 5.82 Å². The number of hydrogen-bond acceptors (Lipinski definition) is 4. The van der Waals surface area contributed by atoms with E-state index < -0.39 is 23.5 Å². The van der Waals surface area contributed by atoms with Gasteiger partial charge in [0.25, 0.3) is 5.91 Å². The van der Waals surface area contributed by atoms with Crippen molar-refractivity contribution in [3.05, 3.63) is 63.7 Å². The molecule has 6 nitrogen and oxygen atoms in total. The topological polar surface area (TPSA) is 72.7 Å². The van der Waals surface area contributed by atoms with E-state index in [2.05, 4.69) is 20.4 Å². The van der Waals surface area contributed by atoms with E-state index in [-0.39, 0.29) is 16.7 Å². The maximum atomic E-state index is 13.1. The highest BCUT2D eigenvalue weighted by Gasteiger charge is 2.36. The van der Waals surface area contributed by atoms with Crippen LogP contribution in [0.15, 0.2) is 36.7 Å². The molecule has 1 N–H and O–H groups in total. The molecule has 0 saturated carbocycles. The Hall–Kier alpha value is -2.65. The second-order valence-electron chi connectivity index (χ2n) is 5.41. The van der Waals surface area contributed by atoms with Gasteiger partial charge in [-0.3, -0.25) is 4.79 Å². The summed E-state index contributed by atoms with van der Waals surface area (Å²) in [6, 6.07) is 5.09. The number of nitrogens with one attached hydrogen (secondary N) is 1. The molecule has 3 aromatic heterocycles. The van der Waals surface area contributed by atoms with E-state index in [0.717, 1.165) is 4.68 Å². The predicted molar refractivity (Wildman–Crippen MR) is 93.3 cm³/mol. The van der Waals surface area contributed by atoms with Crippen LogP contribution < -0.4 is 5.32 Å². The highest BCUT2D eigenvalue weighted by molar-refractivity contribution is 6.32. The van der Waals surface area contributed by atoms with Crippen LogP contribution in [0, 0.1) is 6.92 Å². The summed E-state index contributed by atoms with van der Waals surface area (Å²) < 4.78 is 40.1. The fourth-order valence-electron chi connectivity index (χ4n) is 2.22. The molecule has 11 heteroatoms. The highest BCUT2D eigenvalue weighted by Crippen LogP contribution is 2.30. The Morgan fingerprint density at radius 1 is 1.22 bits per heavy atom. The number of amides is 1. The van der Waals surface area contributed by atoms with Gasteiger partial charge in [-0.15, -0.1) is 0 Å². The van der Waals surface area contributed by atoms with Crippen LogP contribution in [0.5, 0.6) is 0 Å². The molecule has 3 heterocycles. The lowest BCUT2D eigenvalue weighted by Gasteiger charge is -2.10. The first kappa shape index (κ1) is 19.1. The summed E-state index contributed by atoms with van der Waals surface area (Å²) in [5, 5.41) is 6.28. The maximum Gasteiger partial charge on any atom is 0.435 e. The summed E-state index contributed by atoms with van der Waals surface area (Å²) in [6.07, 6.45) is -2.13. The Balaban J connectivity index is 2.06. The van der Waals surface area contributed by atoms with Gasteiger partial charge in [-0.2, -0.15) is 18.3 Å². The van der Waals surface area contributed by atoms with E-state index in [1.54, 1.807) is 13.0 Å². The lowest BCUT2D eigenvalue weighted by molar-refractivity contribution is -0.141. The summed E-state index contributed by atoms with van der Waals surface area (Å²) in [5.74, 6) is -0.823. The minimum absolute atomic E-state index is 0.0316. The zero-order valence-electron chi connectivity index (χ0n) is 13.6. The van der Waals surface area contributed by atoms with E-state index in [9.17, 15) is 18.0 Å². The molecule has 3 rings (SSSR count). The minimum Gasteiger partial charge on any atom is -0.305 e. The Labute approximate surface area is 161 Å². The lowest BCUT2D eigenvalue weighted by atomic mass is 10.2. The molecule has 3 aromatic rings. The van der Waals surface area contributed by atoms with Gasteiger partial charge >= 0.3 is 6.18 Å². The number of aryl methyl sites for hydroxylation is 1. The summed E-state index contributed by atoms with van der Waals surface area (Å²) in [4.78, 5) is 20.5. The van der Waals surface area contributed by atoms with Crippen molar-refractivity contribution in [2.45, 2.75) is 13.1 Å². The van der Waals surface area contributed by atoms with Gasteiger partial charge in [0.1, 0.15) is 11.5 Å². The standard InChI is InChI=1S/C16H10Cl2F3N5O/c1-8-5-9(17)7-23-13(8)24-15(27)11-6-12(16(19,20)21)25-26(11)14-10(18)3-2-4-22-14/h2-7H,1H3,(H,23,24,27). The second-order valence-corrected chi connectivity index (χ2v) is 6.25. The number of hydrogen-bond donors (Lipinski definition) is 1. The Kier molecular flexibility index (Phi) is 5.07. The van der Waals surface area contributed by atoms with Crippen molar-refractivity contribution in [2.75, 3.05) is 5.32 Å². The number of carbonyl (C=O) groups excluding carboxylic acids is 1. The SMILES string of the molecule is Cc1cc(Cl)cnc1NC(=O)c1cc(C(F)(F)F)nn1-c1ncccc1Cl. The summed E-state index contributed by atoms with van der Waals surface area (Å²) in [7, 11) is 0. The monoisotopic (exact) mass is 415 g/mol. The van der Waals surface area contributed by atoms with Crippen LogP contribution in [0.1, 0.15) is 21.7 Å². The number of alkyl halides is 3. The molecule has 1 amide bonds. The number of pyridine rings is 2. The Morgan fingerprint density at radius 2 is 1.96 bits per heavy atom. The van der Waals surface area contributed by atoms with E-state index in [0.29, 0.717) is 16.7 Å². The van der Waals surface area contributed by atoms with Gasteiger partial charge in [0, 0.05) is 18.5 Å². The number of carbonyl (C=O) groups is 1. The average Bonchev–Trinajstić information content (AvgIpc) is 3.03. The van der Waals surface area contributed by atoms with Crippen molar-refractivity contribution >= 4 is 34.9 Å². The Morgan fingerprint density at radius 3 is 2.59 bits per heavy atom. The number of halogens is 5. The molecular weight excluding hydrogens is 406 g/mol.